The van der Waals surface area contributed by atoms with Crippen molar-refractivity contribution in [1.29, 1.82) is 0 Å². The molecule has 7 heteroatoms. The van der Waals surface area contributed by atoms with E-state index in [4.69, 9.17) is 11.5 Å². The highest BCUT2D eigenvalue weighted by atomic mass is 17.2. The summed E-state index contributed by atoms with van der Waals surface area (Å²) in [6.45, 7) is 1.54. The van der Waals surface area contributed by atoms with Gasteiger partial charge in [0.2, 0.25) is 5.91 Å². The first-order chi connectivity index (χ1) is 6.97. The minimum absolute atomic E-state index is 0.0298. The molecule has 0 spiro atoms. The summed E-state index contributed by atoms with van der Waals surface area (Å²) < 4.78 is 0. The third-order valence-corrected chi connectivity index (χ3v) is 1.51. The average Bonchev–Trinajstić information content (AvgIpc) is 2.21. The van der Waals surface area contributed by atoms with Crippen LogP contribution in [-0.4, -0.2) is 23.9 Å². The van der Waals surface area contributed by atoms with Crippen LogP contribution in [0.5, 0.6) is 0 Å². The van der Waals surface area contributed by atoms with E-state index in [1.807, 2.05) is 0 Å². The van der Waals surface area contributed by atoms with E-state index in [0.717, 1.165) is 0 Å². The summed E-state index contributed by atoms with van der Waals surface area (Å²) in [5.74, 6) is -2.15. The second kappa shape index (κ2) is 6.77. The van der Waals surface area contributed by atoms with Crippen molar-refractivity contribution in [2.75, 3.05) is 0 Å². The smallest absolute Gasteiger partial charge is 0.370 e. The normalized spacial score (nSPS) is 11.6. The molecular formula is C8H14N2O5. The van der Waals surface area contributed by atoms with Crippen LogP contribution in [0.2, 0.25) is 0 Å². The molecule has 0 fully saturated rings. The predicted octanol–water partition coefficient (Wildman–Crippen LogP) is -1.01. The summed E-state index contributed by atoms with van der Waals surface area (Å²) in [5.41, 5.74) is 10.2. The lowest BCUT2D eigenvalue weighted by Gasteiger charge is -2.07. The van der Waals surface area contributed by atoms with E-state index in [1.54, 1.807) is 6.92 Å². The number of amides is 1. The third-order valence-electron chi connectivity index (χ3n) is 1.51. The lowest BCUT2D eigenvalue weighted by molar-refractivity contribution is -0.259. The van der Waals surface area contributed by atoms with Gasteiger partial charge in [-0.2, -0.15) is 0 Å². The molecule has 15 heavy (non-hydrogen) atoms. The van der Waals surface area contributed by atoms with Crippen molar-refractivity contribution in [3.05, 3.63) is 0 Å². The van der Waals surface area contributed by atoms with E-state index in [1.165, 1.54) is 0 Å². The number of rotatable bonds is 5. The fourth-order valence-corrected chi connectivity index (χ4v) is 0.624. The molecule has 0 aliphatic rings. The molecule has 0 aromatic carbocycles. The maximum absolute atomic E-state index is 11.0. The van der Waals surface area contributed by atoms with E-state index in [-0.39, 0.29) is 19.3 Å². The van der Waals surface area contributed by atoms with Gasteiger partial charge in [0.05, 0.1) is 0 Å². The molecule has 0 saturated heterocycles. The van der Waals surface area contributed by atoms with Crippen LogP contribution in [-0.2, 0) is 24.2 Å². The van der Waals surface area contributed by atoms with Crippen molar-refractivity contribution in [3.63, 3.8) is 0 Å². The summed E-state index contributed by atoms with van der Waals surface area (Å²) in [6, 6.07) is -1.03. The summed E-state index contributed by atoms with van der Waals surface area (Å²) in [6.07, 6.45) is 0.111. The van der Waals surface area contributed by atoms with Crippen molar-refractivity contribution in [1.82, 2.24) is 0 Å². The van der Waals surface area contributed by atoms with Gasteiger partial charge in [-0.05, 0) is 6.42 Å². The molecule has 0 aromatic rings. The third kappa shape index (κ3) is 6.44. The Hall–Kier alpha value is -1.63. The lowest BCUT2D eigenvalue weighted by atomic mass is 10.2. The first-order valence-corrected chi connectivity index (χ1v) is 4.42. The molecule has 1 amide bonds. The number of hydrogen-bond donors (Lipinski definition) is 2. The fraction of sp³-hybridized carbons (Fsp3) is 0.625. The number of primary amides is 1. The second-order valence-electron chi connectivity index (χ2n) is 2.82. The number of hydrogen-bond acceptors (Lipinski definition) is 6. The van der Waals surface area contributed by atoms with Gasteiger partial charge in [0, 0.05) is 12.8 Å². The molecule has 0 aliphatic carbocycles. The van der Waals surface area contributed by atoms with Crippen molar-refractivity contribution in [2.45, 2.75) is 32.2 Å². The van der Waals surface area contributed by atoms with Crippen molar-refractivity contribution in [3.8, 4) is 0 Å². The highest BCUT2D eigenvalue weighted by Crippen LogP contribution is 1.97. The Kier molecular flexibility index (Phi) is 6.03. The van der Waals surface area contributed by atoms with Crippen LogP contribution >= 0.6 is 0 Å². The molecule has 0 bridgehead atoms. The van der Waals surface area contributed by atoms with Crippen LogP contribution in [0.3, 0.4) is 0 Å². The van der Waals surface area contributed by atoms with Crippen LogP contribution in [0, 0.1) is 0 Å². The van der Waals surface area contributed by atoms with Gasteiger partial charge in [-0.25, -0.2) is 19.4 Å². The lowest BCUT2D eigenvalue weighted by Crippen LogP contribution is -2.34. The number of carbonyl (C=O) groups excluding carboxylic acids is 3. The van der Waals surface area contributed by atoms with Gasteiger partial charge >= 0.3 is 11.9 Å². The summed E-state index contributed by atoms with van der Waals surface area (Å²) >= 11 is 0. The van der Waals surface area contributed by atoms with E-state index < -0.39 is 23.9 Å². The minimum Gasteiger partial charge on any atom is -0.370 e. The Balaban J connectivity index is 3.79. The van der Waals surface area contributed by atoms with Gasteiger partial charge in [0.25, 0.3) is 0 Å². The maximum atomic E-state index is 11.0. The Morgan fingerprint density at radius 3 is 2.33 bits per heavy atom. The molecule has 7 nitrogen and oxygen atoms in total. The zero-order valence-corrected chi connectivity index (χ0v) is 8.39. The summed E-state index contributed by atoms with van der Waals surface area (Å²) in [7, 11) is 0. The van der Waals surface area contributed by atoms with Gasteiger partial charge in [-0.3, -0.25) is 4.79 Å². The second-order valence-corrected chi connectivity index (χ2v) is 2.82. The van der Waals surface area contributed by atoms with E-state index in [9.17, 15) is 14.4 Å². The monoisotopic (exact) mass is 218 g/mol. The first-order valence-electron chi connectivity index (χ1n) is 4.42. The first kappa shape index (κ1) is 13.4. The Labute approximate surface area is 86.6 Å². The highest BCUT2D eigenvalue weighted by molar-refractivity contribution is 5.78. The molecule has 0 aliphatic heterocycles. The van der Waals surface area contributed by atoms with Gasteiger partial charge < -0.3 is 11.5 Å². The van der Waals surface area contributed by atoms with Crippen molar-refractivity contribution >= 4 is 17.8 Å². The standard InChI is InChI=1S/C8H14N2O5/c1-2-7(12)14-15-8(13)5(9)3-4-6(10)11/h5H,2-4,9H2,1H3,(H2,10,11). The number of nitrogens with two attached hydrogens (primary N) is 2. The molecule has 0 saturated carbocycles. The maximum Gasteiger partial charge on any atom is 0.372 e. The SMILES string of the molecule is CCC(=O)OOC(=O)C(N)CCC(N)=O. The van der Waals surface area contributed by atoms with Crippen LogP contribution in [0.25, 0.3) is 0 Å². The van der Waals surface area contributed by atoms with Crippen molar-refractivity contribution in [2.24, 2.45) is 11.5 Å². The molecule has 0 heterocycles. The summed E-state index contributed by atoms with van der Waals surface area (Å²) in [5, 5.41) is 0. The van der Waals surface area contributed by atoms with Crippen LogP contribution in [0.4, 0.5) is 0 Å². The summed E-state index contributed by atoms with van der Waals surface area (Å²) in [4.78, 5) is 40.2. The quantitative estimate of drug-likeness (QED) is 0.450. The van der Waals surface area contributed by atoms with E-state index in [0.29, 0.717) is 0 Å². The molecular weight excluding hydrogens is 204 g/mol. The molecule has 1 atom stereocenters. The molecule has 4 N–H and O–H groups in total. The van der Waals surface area contributed by atoms with Gasteiger partial charge in [-0.15, -0.1) is 0 Å². The van der Waals surface area contributed by atoms with Gasteiger partial charge in [0.15, 0.2) is 0 Å². The Morgan fingerprint density at radius 2 is 1.87 bits per heavy atom. The van der Waals surface area contributed by atoms with Crippen LogP contribution in [0.15, 0.2) is 0 Å². The van der Waals surface area contributed by atoms with E-state index >= 15 is 0 Å². The largest absolute Gasteiger partial charge is 0.372 e. The average molecular weight is 218 g/mol. The van der Waals surface area contributed by atoms with E-state index in [2.05, 4.69) is 9.78 Å². The molecule has 0 aromatic heterocycles. The van der Waals surface area contributed by atoms with Gasteiger partial charge in [-0.1, -0.05) is 6.92 Å². The minimum atomic E-state index is -1.03. The topological polar surface area (TPSA) is 122 Å². The molecule has 86 valence electrons. The fourth-order valence-electron chi connectivity index (χ4n) is 0.624. The molecule has 0 rings (SSSR count). The zero-order valence-electron chi connectivity index (χ0n) is 8.39. The zero-order chi connectivity index (χ0) is 11.8. The van der Waals surface area contributed by atoms with Gasteiger partial charge in [0.1, 0.15) is 6.04 Å². The Morgan fingerprint density at radius 1 is 1.27 bits per heavy atom. The predicted molar refractivity (Wildman–Crippen MR) is 48.9 cm³/mol. The Bertz CT molecular complexity index is 253. The molecule has 1 unspecified atom stereocenters. The number of carbonyl (C=O) groups is 3. The van der Waals surface area contributed by atoms with Crippen LogP contribution in [0.1, 0.15) is 26.2 Å². The highest BCUT2D eigenvalue weighted by Gasteiger charge is 2.18. The van der Waals surface area contributed by atoms with Crippen molar-refractivity contribution < 1.29 is 24.2 Å². The van der Waals surface area contributed by atoms with Crippen LogP contribution < -0.4 is 11.5 Å². The molecule has 0 radical (unpaired) electrons.